The van der Waals surface area contributed by atoms with E-state index >= 15 is 0 Å². The molecule has 2 aliphatic rings. The molecule has 1 heterocycles. The van der Waals surface area contributed by atoms with E-state index in [4.69, 9.17) is 9.47 Å². The van der Waals surface area contributed by atoms with E-state index in [2.05, 4.69) is 27.7 Å². The Kier molecular flexibility index (Phi) is 4.14. The second kappa shape index (κ2) is 5.27. The monoisotopic (exact) mass is 240 g/mol. The van der Waals surface area contributed by atoms with Crippen LogP contribution in [0, 0.1) is 17.3 Å². The zero-order valence-electron chi connectivity index (χ0n) is 11.9. The van der Waals surface area contributed by atoms with Crippen molar-refractivity contribution in [2.24, 2.45) is 17.3 Å². The van der Waals surface area contributed by atoms with Crippen LogP contribution in [0.5, 0.6) is 0 Å². The number of hydrogen-bond donors (Lipinski definition) is 0. The lowest BCUT2D eigenvalue weighted by molar-refractivity contribution is -0.269. The Morgan fingerprint density at radius 1 is 1.35 bits per heavy atom. The Morgan fingerprint density at radius 2 is 2.12 bits per heavy atom. The third-order valence-corrected chi connectivity index (χ3v) is 4.46. The van der Waals surface area contributed by atoms with Crippen LogP contribution in [0.1, 0.15) is 59.8 Å². The minimum Gasteiger partial charge on any atom is -0.352 e. The third-order valence-electron chi connectivity index (χ3n) is 4.46. The first kappa shape index (κ1) is 13.4. The fourth-order valence-electron chi connectivity index (χ4n) is 3.25. The molecule has 2 rings (SSSR count). The number of rotatable bonds is 3. The molecule has 0 aromatic heterocycles. The molecule has 0 N–H and O–H groups in total. The molecular weight excluding hydrogens is 212 g/mol. The summed E-state index contributed by atoms with van der Waals surface area (Å²) in [6, 6.07) is 0. The summed E-state index contributed by atoms with van der Waals surface area (Å²) in [6.45, 7) is 10.1. The van der Waals surface area contributed by atoms with Crippen LogP contribution >= 0.6 is 0 Å². The van der Waals surface area contributed by atoms with Crippen molar-refractivity contribution in [3.05, 3.63) is 0 Å². The van der Waals surface area contributed by atoms with Gasteiger partial charge < -0.3 is 9.47 Å². The first-order chi connectivity index (χ1) is 8.02. The van der Waals surface area contributed by atoms with Gasteiger partial charge in [-0.05, 0) is 31.1 Å². The Morgan fingerprint density at radius 3 is 2.82 bits per heavy atom. The molecule has 1 saturated heterocycles. The minimum absolute atomic E-state index is 0.0464. The molecule has 0 aromatic carbocycles. The van der Waals surface area contributed by atoms with Gasteiger partial charge in [0.25, 0.3) is 0 Å². The quantitative estimate of drug-likeness (QED) is 0.742. The summed E-state index contributed by atoms with van der Waals surface area (Å²) in [5, 5.41) is 0. The molecule has 0 spiro atoms. The van der Waals surface area contributed by atoms with Crippen molar-refractivity contribution < 1.29 is 9.47 Å². The lowest BCUT2D eigenvalue weighted by atomic mass is 9.71. The summed E-state index contributed by atoms with van der Waals surface area (Å²) in [4.78, 5) is 0. The topological polar surface area (TPSA) is 18.5 Å². The zero-order valence-corrected chi connectivity index (χ0v) is 11.9. The Hall–Kier alpha value is -0.0800. The SMILES string of the molecule is CCCC(C)C1OCC2CCC(C)(C)CC2O1. The molecule has 4 atom stereocenters. The summed E-state index contributed by atoms with van der Waals surface area (Å²) < 4.78 is 12.1. The molecule has 2 fully saturated rings. The van der Waals surface area contributed by atoms with Crippen LogP contribution in [0.4, 0.5) is 0 Å². The van der Waals surface area contributed by atoms with Crippen molar-refractivity contribution in [2.45, 2.75) is 72.2 Å². The van der Waals surface area contributed by atoms with Gasteiger partial charge in [-0.2, -0.15) is 0 Å². The molecule has 0 radical (unpaired) electrons. The Bertz CT molecular complexity index is 249. The van der Waals surface area contributed by atoms with Crippen LogP contribution in [0.2, 0.25) is 0 Å². The molecule has 1 aliphatic carbocycles. The van der Waals surface area contributed by atoms with E-state index in [-0.39, 0.29) is 6.29 Å². The van der Waals surface area contributed by atoms with E-state index in [0.717, 1.165) is 6.61 Å². The molecule has 0 aromatic rings. The van der Waals surface area contributed by atoms with Crippen LogP contribution in [0.25, 0.3) is 0 Å². The van der Waals surface area contributed by atoms with Crippen molar-refractivity contribution >= 4 is 0 Å². The second-order valence-electron chi connectivity index (χ2n) is 6.81. The van der Waals surface area contributed by atoms with Crippen molar-refractivity contribution in [2.75, 3.05) is 6.61 Å². The summed E-state index contributed by atoms with van der Waals surface area (Å²) in [5.41, 5.74) is 0.455. The summed E-state index contributed by atoms with van der Waals surface area (Å²) >= 11 is 0. The van der Waals surface area contributed by atoms with E-state index in [9.17, 15) is 0 Å². The van der Waals surface area contributed by atoms with Gasteiger partial charge in [0.1, 0.15) is 0 Å². The smallest absolute Gasteiger partial charge is 0.160 e. The van der Waals surface area contributed by atoms with Gasteiger partial charge in [0.15, 0.2) is 6.29 Å². The maximum atomic E-state index is 6.22. The average molecular weight is 240 g/mol. The number of hydrogen-bond acceptors (Lipinski definition) is 2. The van der Waals surface area contributed by atoms with Gasteiger partial charge >= 0.3 is 0 Å². The molecule has 0 amide bonds. The van der Waals surface area contributed by atoms with Crippen molar-refractivity contribution in [1.29, 1.82) is 0 Å². The minimum atomic E-state index is 0.0464. The maximum absolute atomic E-state index is 6.22. The maximum Gasteiger partial charge on any atom is 0.160 e. The summed E-state index contributed by atoms with van der Waals surface area (Å²) in [5.74, 6) is 1.18. The van der Waals surface area contributed by atoms with Gasteiger partial charge in [0.2, 0.25) is 0 Å². The van der Waals surface area contributed by atoms with E-state index in [1.165, 1.54) is 32.1 Å². The molecule has 4 unspecified atom stereocenters. The average Bonchev–Trinajstić information content (AvgIpc) is 2.27. The van der Waals surface area contributed by atoms with Crippen LogP contribution in [-0.4, -0.2) is 19.0 Å². The van der Waals surface area contributed by atoms with Gasteiger partial charge in [0, 0.05) is 11.8 Å². The number of fused-ring (bicyclic) bond motifs is 1. The lowest BCUT2D eigenvalue weighted by Gasteiger charge is -2.46. The fourth-order valence-corrected chi connectivity index (χ4v) is 3.25. The van der Waals surface area contributed by atoms with Crippen molar-refractivity contribution in [3.63, 3.8) is 0 Å². The molecule has 2 nitrogen and oxygen atoms in total. The van der Waals surface area contributed by atoms with Gasteiger partial charge in [-0.15, -0.1) is 0 Å². The van der Waals surface area contributed by atoms with Gasteiger partial charge in [-0.3, -0.25) is 0 Å². The predicted molar refractivity (Wildman–Crippen MR) is 69.8 cm³/mol. The van der Waals surface area contributed by atoms with Gasteiger partial charge in [-0.1, -0.05) is 34.1 Å². The van der Waals surface area contributed by atoms with E-state index in [1.807, 2.05) is 0 Å². The molecule has 2 heteroatoms. The van der Waals surface area contributed by atoms with Crippen molar-refractivity contribution in [1.82, 2.24) is 0 Å². The zero-order chi connectivity index (χ0) is 12.5. The highest BCUT2D eigenvalue weighted by Gasteiger charge is 2.40. The first-order valence-electron chi connectivity index (χ1n) is 7.29. The highest BCUT2D eigenvalue weighted by Crippen LogP contribution is 2.42. The highest BCUT2D eigenvalue weighted by molar-refractivity contribution is 4.88. The third kappa shape index (κ3) is 3.23. The fraction of sp³-hybridized carbons (Fsp3) is 1.00. The van der Waals surface area contributed by atoms with E-state index in [1.54, 1.807) is 0 Å². The first-order valence-corrected chi connectivity index (χ1v) is 7.29. The van der Waals surface area contributed by atoms with Crippen LogP contribution in [0.15, 0.2) is 0 Å². The summed E-state index contributed by atoms with van der Waals surface area (Å²) in [7, 11) is 0. The largest absolute Gasteiger partial charge is 0.352 e. The van der Waals surface area contributed by atoms with Crippen molar-refractivity contribution in [3.8, 4) is 0 Å². The molecule has 1 saturated carbocycles. The Labute approximate surface area is 106 Å². The second-order valence-corrected chi connectivity index (χ2v) is 6.81. The van der Waals surface area contributed by atoms with E-state index < -0.39 is 0 Å². The molecule has 100 valence electrons. The number of ether oxygens (including phenoxy) is 2. The standard InChI is InChI=1S/C15H28O2/c1-5-6-11(2)14-16-10-12-7-8-15(3,4)9-13(12)17-14/h11-14H,5-10H2,1-4H3. The Balaban J connectivity index is 1.92. The highest BCUT2D eigenvalue weighted by atomic mass is 16.7. The normalized spacial score (nSPS) is 38.5. The lowest BCUT2D eigenvalue weighted by Crippen LogP contribution is -2.47. The molecule has 0 bridgehead atoms. The van der Waals surface area contributed by atoms with Gasteiger partial charge in [-0.25, -0.2) is 0 Å². The summed E-state index contributed by atoms with van der Waals surface area (Å²) in [6.07, 6.45) is 6.69. The molecule has 1 aliphatic heterocycles. The van der Waals surface area contributed by atoms with Gasteiger partial charge in [0.05, 0.1) is 12.7 Å². The molecular formula is C15H28O2. The van der Waals surface area contributed by atoms with Crippen LogP contribution in [0.3, 0.4) is 0 Å². The van der Waals surface area contributed by atoms with Crippen LogP contribution < -0.4 is 0 Å². The molecule has 17 heavy (non-hydrogen) atoms. The van der Waals surface area contributed by atoms with Crippen LogP contribution in [-0.2, 0) is 9.47 Å². The predicted octanol–water partition coefficient (Wildman–Crippen LogP) is 3.99. The van der Waals surface area contributed by atoms with E-state index in [0.29, 0.717) is 23.4 Å².